The quantitative estimate of drug-likeness (QED) is 0.714. The number of fused-ring (bicyclic) bond motifs is 1. The average molecular weight is 353 g/mol. The van der Waals surface area contributed by atoms with Crippen molar-refractivity contribution < 1.29 is 14.6 Å². The zero-order valence-corrected chi connectivity index (χ0v) is 15.5. The number of pyridine rings is 1. The van der Waals surface area contributed by atoms with Crippen molar-refractivity contribution >= 4 is 16.9 Å². The molecule has 0 atom stereocenters. The normalized spacial score (nSPS) is 11.3. The molecule has 0 saturated carbocycles. The number of nitrogens with zero attached hydrogens (tertiary/aromatic N) is 3. The molecule has 3 aromatic rings. The number of benzene rings is 1. The molecule has 6 nitrogen and oxygen atoms in total. The molecule has 136 valence electrons. The first-order chi connectivity index (χ1) is 12.4. The summed E-state index contributed by atoms with van der Waals surface area (Å²) in [5.41, 5.74) is 3.72. The van der Waals surface area contributed by atoms with Gasteiger partial charge < -0.3 is 19.3 Å². The SMILES string of the molecule is CCOC(=O)c1c(CN(C)C)n(C)c2cc(-c3cccnc3)c(O)cc12. The van der Waals surface area contributed by atoms with E-state index in [9.17, 15) is 9.90 Å². The summed E-state index contributed by atoms with van der Waals surface area (Å²) in [5, 5.41) is 11.3. The number of carbonyl (C=O) groups excluding carboxylic acids is 1. The molecule has 0 bridgehead atoms. The largest absolute Gasteiger partial charge is 0.507 e. The Morgan fingerprint density at radius 2 is 2.12 bits per heavy atom. The van der Waals surface area contributed by atoms with Gasteiger partial charge in [-0.05, 0) is 39.2 Å². The number of hydrogen-bond acceptors (Lipinski definition) is 5. The lowest BCUT2D eigenvalue weighted by atomic mass is 10.0. The van der Waals surface area contributed by atoms with Crippen LogP contribution in [0, 0.1) is 0 Å². The molecular formula is C20H23N3O3. The Morgan fingerprint density at radius 3 is 2.73 bits per heavy atom. The predicted molar refractivity (Wildman–Crippen MR) is 101 cm³/mol. The second kappa shape index (κ2) is 7.17. The maximum Gasteiger partial charge on any atom is 0.340 e. The predicted octanol–water partition coefficient (Wildman–Crippen LogP) is 3.18. The third-order valence-corrected chi connectivity index (χ3v) is 4.36. The van der Waals surface area contributed by atoms with Gasteiger partial charge in [0.05, 0.1) is 12.2 Å². The van der Waals surface area contributed by atoms with Gasteiger partial charge >= 0.3 is 5.97 Å². The molecule has 0 amide bonds. The first-order valence-corrected chi connectivity index (χ1v) is 8.50. The molecule has 0 spiro atoms. The Kier molecular flexibility index (Phi) is 4.95. The van der Waals surface area contributed by atoms with Crippen LogP contribution in [-0.4, -0.2) is 46.2 Å². The van der Waals surface area contributed by atoms with E-state index in [0.717, 1.165) is 16.8 Å². The molecule has 0 aliphatic carbocycles. The second-order valence-corrected chi connectivity index (χ2v) is 6.47. The van der Waals surface area contributed by atoms with E-state index in [4.69, 9.17) is 4.74 Å². The first-order valence-electron chi connectivity index (χ1n) is 8.50. The van der Waals surface area contributed by atoms with E-state index >= 15 is 0 Å². The van der Waals surface area contributed by atoms with Gasteiger partial charge in [0.25, 0.3) is 0 Å². The molecule has 0 fully saturated rings. The maximum atomic E-state index is 12.6. The zero-order valence-electron chi connectivity index (χ0n) is 15.5. The fraction of sp³-hybridized carbons (Fsp3) is 0.300. The van der Waals surface area contributed by atoms with Crippen molar-refractivity contribution in [1.29, 1.82) is 0 Å². The van der Waals surface area contributed by atoms with Gasteiger partial charge in [-0.1, -0.05) is 6.07 Å². The van der Waals surface area contributed by atoms with Crippen molar-refractivity contribution in [3.63, 3.8) is 0 Å². The summed E-state index contributed by atoms with van der Waals surface area (Å²) in [7, 11) is 5.82. The third kappa shape index (κ3) is 3.15. The monoisotopic (exact) mass is 353 g/mol. The van der Waals surface area contributed by atoms with E-state index in [1.807, 2.05) is 48.8 Å². The van der Waals surface area contributed by atoms with Crippen LogP contribution in [0.15, 0.2) is 36.7 Å². The van der Waals surface area contributed by atoms with Gasteiger partial charge in [0, 0.05) is 53.7 Å². The summed E-state index contributed by atoms with van der Waals surface area (Å²) in [4.78, 5) is 18.7. The van der Waals surface area contributed by atoms with E-state index in [2.05, 4.69) is 4.98 Å². The van der Waals surface area contributed by atoms with Crippen molar-refractivity contribution in [3.05, 3.63) is 47.9 Å². The van der Waals surface area contributed by atoms with Crippen LogP contribution < -0.4 is 0 Å². The maximum absolute atomic E-state index is 12.6. The van der Waals surface area contributed by atoms with Gasteiger partial charge in [-0.2, -0.15) is 0 Å². The standard InChI is InChI=1S/C20H23N3O3/c1-5-26-20(25)19-15-10-18(24)14(13-7-6-8-21-11-13)9-16(15)23(4)17(19)12-22(2)3/h6-11,24H,5,12H2,1-4H3. The van der Waals surface area contributed by atoms with Gasteiger partial charge in [-0.15, -0.1) is 0 Å². The molecule has 1 N–H and O–H groups in total. The summed E-state index contributed by atoms with van der Waals surface area (Å²) >= 11 is 0. The molecule has 0 aliphatic rings. The Balaban J connectivity index is 2.28. The summed E-state index contributed by atoms with van der Waals surface area (Å²) in [5.74, 6) is -0.262. The van der Waals surface area contributed by atoms with Gasteiger partial charge in [0.15, 0.2) is 0 Å². The molecule has 26 heavy (non-hydrogen) atoms. The number of ether oxygens (including phenoxy) is 1. The van der Waals surface area contributed by atoms with Crippen molar-refractivity contribution in [1.82, 2.24) is 14.5 Å². The van der Waals surface area contributed by atoms with Crippen molar-refractivity contribution in [2.24, 2.45) is 7.05 Å². The fourth-order valence-corrected chi connectivity index (χ4v) is 3.19. The van der Waals surface area contributed by atoms with Crippen LogP contribution in [0.4, 0.5) is 0 Å². The van der Waals surface area contributed by atoms with Crippen LogP contribution in [0.3, 0.4) is 0 Å². The molecule has 1 aromatic carbocycles. The van der Waals surface area contributed by atoms with Crippen molar-refractivity contribution in [2.45, 2.75) is 13.5 Å². The molecule has 2 heterocycles. The molecule has 3 rings (SSSR count). The number of esters is 1. The van der Waals surface area contributed by atoms with Gasteiger partial charge in [-0.3, -0.25) is 4.98 Å². The van der Waals surface area contributed by atoms with Crippen LogP contribution >= 0.6 is 0 Å². The van der Waals surface area contributed by atoms with E-state index < -0.39 is 0 Å². The summed E-state index contributed by atoms with van der Waals surface area (Å²) in [6.07, 6.45) is 3.40. The minimum atomic E-state index is -0.372. The lowest BCUT2D eigenvalue weighted by Gasteiger charge is -2.13. The van der Waals surface area contributed by atoms with Crippen LogP contribution in [0.5, 0.6) is 5.75 Å². The van der Waals surface area contributed by atoms with Gasteiger partial charge in [0.1, 0.15) is 5.75 Å². The number of carbonyl (C=O) groups is 1. The number of hydrogen-bond donors (Lipinski definition) is 1. The highest BCUT2D eigenvalue weighted by Gasteiger charge is 2.24. The Labute approximate surface area is 152 Å². The smallest absolute Gasteiger partial charge is 0.340 e. The number of aryl methyl sites for hydroxylation is 1. The van der Waals surface area contributed by atoms with E-state index in [0.29, 0.717) is 29.7 Å². The minimum absolute atomic E-state index is 0.109. The molecular weight excluding hydrogens is 330 g/mol. The molecule has 0 saturated heterocycles. The molecule has 2 aromatic heterocycles. The Hall–Kier alpha value is -2.86. The number of phenolic OH excluding ortho intramolecular Hbond substituents is 1. The lowest BCUT2D eigenvalue weighted by Crippen LogP contribution is -2.17. The van der Waals surface area contributed by atoms with Crippen molar-refractivity contribution in [3.8, 4) is 16.9 Å². The highest BCUT2D eigenvalue weighted by Crippen LogP contribution is 2.37. The van der Waals surface area contributed by atoms with Gasteiger partial charge in [-0.25, -0.2) is 4.79 Å². The topological polar surface area (TPSA) is 67.6 Å². The van der Waals surface area contributed by atoms with Gasteiger partial charge in [0.2, 0.25) is 0 Å². The number of phenols is 1. The minimum Gasteiger partial charge on any atom is -0.507 e. The van der Waals surface area contributed by atoms with Crippen molar-refractivity contribution in [2.75, 3.05) is 20.7 Å². The Morgan fingerprint density at radius 1 is 1.35 bits per heavy atom. The van der Waals surface area contributed by atoms with E-state index in [-0.39, 0.29) is 11.7 Å². The number of rotatable bonds is 5. The number of aromatic hydroxyl groups is 1. The summed E-state index contributed by atoms with van der Waals surface area (Å²) < 4.78 is 7.25. The highest BCUT2D eigenvalue weighted by atomic mass is 16.5. The average Bonchev–Trinajstić information content (AvgIpc) is 2.86. The first kappa shape index (κ1) is 17.9. The van der Waals surface area contributed by atoms with E-state index in [1.165, 1.54) is 0 Å². The van der Waals surface area contributed by atoms with Crippen LogP contribution in [0.25, 0.3) is 22.0 Å². The molecule has 6 heteroatoms. The van der Waals surface area contributed by atoms with E-state index in [1.54, 1.807) is 25.4 Å². The molecule has 0 aliphatic heterocycles. The molecule has 0 unspecified atom stereocenters. The Bertz CT molecular complexity index is 946. The van der Waals surface area contributed by atoms with Crippen LogP contribution in [-0.2, 0) is 18.3 Å². The lowest BCUT2D eigenvalue weighted by molar-refractivity contribution is 0.0526. The second-order valence-electron chi connectivity index (χ2n) is 6.47. The highest BCUT2D eigenvalue weighted by molar-refractivity contribution is 6.07. The zero-order chi connectivity index (χ0) is 18.8. The number of aromatic nitrogens is 2. The van der Waals surface area contributed by atoms with Crippen LogP contribution in [0.1, 0.15) is 23.0 Å². The summed E-state index contributed by atoms with van der Waals surface area (Å²) in [6, 6.07) is 7.25. The van der Waals surface area contributed by atoms with Crippen LogP contribution in [0.2, 0.25) is 0 Å². The summed E-state index contributed by atoms with van der Waals surface area (Å²) in [6.45, 7) is 2.67. The molecule has 0 radical (unpaired) electrons. The fourth-order valence-electron chi connectivity index (χ4n) is 3.19. The third-order valence-electron chi connectivity index (χ3n) is 4.36.